The maximum Gasteiger partial charge on any atom is 0.305 e. The minimum atomic E-state index is -0.180. The molecule has 6 unspecified atom stereocenters. The summed E-state index contributed by atoms with van der Waals surface area (Å²) in [6.07, 6.45) is 3.78. The van der Waals surface area contributed by atoms with Crippen LogP contribution in [0.1, 0.15) is 26.2 Å². The van der Waals surface area contributed by atoms with Gasteiger partial charge in [-0.25, -0.2) is 0 Å². The summed E-state index contributed by atoms with van der Waals surface area (Å²) in [5.74, 6) is 3.61. The summed E-state index contributed by atoms with van der Waals surface area (Å²) in [6, 6.07) is 0. The fourth-order valence-corrected chi connectivity index (χ4v) is 8.08. The zero-order valence-corrected chi connectivity index (χ0v) is 13.0. The van der Waals surface area contributed by atoms with Gasteiger partial charge in [-0.3, -0.25) is 4.79 Å². The molecule has 0 bridgehead atoms. The van der Waals surface area contributed by atoms with E-state index in [1.807, 2.05) is 6.92 Å². The average Bonchev–Trinajstić information content (AvgIpc) is 2.67. The molecule has 4 fully saturated rings. The maximum atomic E-state index is 11.1. The van der Waals surface area contributed by atoms with Crippen molar-refractivity contribution >= 4 is 21.2 Å². The van der Waals surface area contributed by atoms with E-state index in [0.717, 1.165) is 27.7 Å². The second-order valence-corrected chi connectivity index (χ2v) is 8.94. The molecule has 1 heterocycles. The van der Waals surface area contributed by atoms with E-state index >= 15 is 0 Å². The number of allylic oxidation sites excluding steroid dienone is 1. The van der Waals surface area contributed by atoms with Gasteiger partial charge in [-0.05, 0) is 29.5 Å². The minimum absolute atomic E-state index is 0.0626. The minimum Gasteiger partial charge on any atom is -0.495 e. The molecular formula is C15H21AlO3. The Hall–Kier alpha value is -0.458. The Labute approximate surface area is 120 Å². The Morgan fingerprint density at radius 3 is 3.16 bits per heavy atom. The summed E-state index contributed by atoms with van der Waals surface area (Å²) in [4.78, 5) is 11.1. The first-order valence-electron chi connectivity index (χ1n) is 7.70. The van der Waals surface area contributed by atoms with E-state index in [1.54, 1.807) is 0 Å². The van der Waals surface area contributed by atoms with Crippen LogP contribution in [0, 0.1) is 23.2 Å². The molecule has 4 rings (SSSR count). The predicted octanol–water partition coefficient (Wildman–Crippen LogP) is 2.15. The van der Waals surface area contributed by atoms with Crippen LogP contribution in [-0.4, -0.2) is 33.9 Å². The molecule has 19 heavy (non-hydrogen) atoms. The molecule has 1 saturated heterocycles. The Bertz CT molecular complexity index is 449. The van der Waals surface area contributed by atoms with Gasteiger partial charge in [-0.2, -0.15) is 0 Å². The lowest BCUT2D eigenvalue weighted by molar-refractivity contribution is -0.271. The highest BCUT2D eigenvalue weighted by Gasteiger charge is 2.83. The van der Waals surface area contributed by atoms with E-state index in [0.29, 0.717) is 30.5 Å². The molecule has 0 aromatic heterocycles. The number of ether oxygens (including phenoxy) is 2. The number of hydrogen-bond donors (Lipinski definition) is 0. The molecule has 4 aliphatic rings. The Kier molecular flexibility index (Phi) is 2.60. The van der Waals surface area contributed by atoms with Gasteiger partial charge in [0.1, 0.15) is 0 Å². The van der Waals surface area contributed by atoms with Crippen LogP contribution in [0.2, 0.25) is 10.1 Å². The molecular weight excluding hydrogens is 255 g/mol. The van der Waals surface area contributed by atoms with Gasteiger partial charge < -0.3 is 9.47 Å². The van der Waals surface area contributed by atoms with Crippen molar-refractivity contribution in [3.8, 4) is 0 Å². The van der Waals surface area contributed by atoms with Crippen molar-refractivity contribution in [2.45, 2.75) is 42.4 Å². The summed E-state index contributed by atoms with van der Waals surface area (Å²) in [6.45, 7) is 6.60. The highest BCUT2D eigenvalue weighted by atomic mass is 27.1. The molecule has 6 atom stereocenters. The molecule has 3 aliphatic carbocycles. The Morgan fingerprint density at radius 1 is 1.58 bits per heavy atom. The highest BCUT2D eigenvalue weighted by molar-refractivity contribution is 6.38. The molecule has 3 saturated carbocycles. The van der Waals surface area contributed by atoms with Gasteiger partial charge in [-0.1, -0.05) is 18.8 Å². The number of carbonyl (C=O) groups is 1. The third-order valence-corrected chi connectivity index (χ3v) is 8.67. The zero-order chi connectivity index (χ0) is 13.2. The second kappa shape index (κ2) is 4.02. The SMILES string of the molecule is C=C1OC2[CH]([AlH][CH2]COC(=O)CC)C3CC4CC1C432. The summed E-state index contributed by atoms with van der Waals surface area (Å²) >= 11 is -0.180. The lowest BCUT2D eigenvalue weighted by Crippen LogP contribution is -2.75. The van der Waals surface area contributed by atoms with Gasteiger partial charge in [-0.15, -0.1) is 0 Å². The van der Waals surface area contributed by atoms with Crippen LogP contribution in [0.3, 0.4) is 0 Å². The molecule has 0 radical (unpaired) electrons. The topological polar surface area (TPSA) is 35.5 Å². The van der Waals surface area contributed by atoms with Crippen LogP contribution in [0.4, 0.5) is 0 Å². The fraction of sp³-hybridized carbons (Fsp3) is 0.800. The predicted molar refractivity (Wildman–Crippen MR) is 73.1 cm³/mol. The molecule has 0 amide bonds. The standard InChI is InChI=1S/C10H11O.C5H9O2.Al.H/c1-5-8-3-6-2-7-4-9(11-5)10(6,7)8;1-3-5(6)7-4-2;;/h4,6-9H,1-3H2;2-4H2,1H3;;. The lowest BCUT2D eigenvalue weighted by atomic mass is 9.29. The van der Waals surface area contributed by atoms with Gasteiger partial charge in [0, 0.05) is 17.8 Å². The zero-order valence-electron chi connectivity index (χ0n) is 11.6. The van der Waals surface area contributed by atoms with Crippen LogP contribution in [0.25, 0.3) is 0 Å². The molecule has 3 nitrogen and oxygen atoms in total. The van der Waals surface area contributed by atoms with Crippen molar-refractivity contribution in [1.82, 2.24) is 0 Å². The van der Waals surface area contributed by atoms with E-state index < -0.39 is 0 Å². The summed E-state index contributed by atoms with van der Waals surface area (Å²) in [5, 5.41) is 1.12. The first-order valence-corrected chi connectivity index (χ1v) is 9.52. The smallest absolute Gasteiger partial charge is 0.305 e. The van der Waals surface area contributed by atoms with Gasteiger partial charge in [0.15, 0.2) is 0 Å². The highest BCUT2D eigenvalue weighted by Crippen LogP contribution is 2.85. The largest absolute Gasteiger partial charge is 0.495 e. The third-order valence-electron chi connectivity index (χ3n) is 6.31. The number of hydrogen-bond acceptors (Lipinski definition) is 3. The maximum absolute atomic E-state index is 11.1. The Balaban J connectivity index is 1.31. The molecule has 1 aliphatic heterocycles. The van der Waals surface area contributed by atoms with Crippen molar-refractivity contribution in [2.24, 2.45) is 23.2 Å². The monoisotopic (exact) mass is 276 g/mol. The van der Waals surface area contributed by atoms with Crippen molar-refractivity contribution in [3.63, 3.8) is 0 Å². The van der Waals surface area contributed by atoms with Crippen LogP contribution >= 0.6 is 0 Å². The second-order valence-electron chi connectivity index (χ2n) is 6.71. The van der Waals surface area contributed by atoms with Crippen LogP contribution in [0.15, 0.2) is 12.3 Å². The van der Waals surface area contributed by atoms with Crippen molar-refractivity contribution in [2.75, 3.05) is 6.61 Å². The average molecular weight is 276 g/mol. The first kappa shape index (κ1) is 12.3. The molecule has 0 aromatic rings. The lowest BCUT2D eigenvalue weighted by Gasteiger charge is -2.76. The van der Waals surface area contributed by atoms with E-state index in [9.17, 15) is 4.79 Å². The van der Waals surface area contributed by atoms with Crippen LogP contribution in [0.5, 0.6) is 0 Å². The molecule has 0 aromatic carbocycles. The van der Waals surface area contributed by atoms with E-state index in [2.05, 4.69) is 6.58 Å². The summed E-state index contributed by atoms with van der Waals surface area (Å²) in [5.41, 5.74) is 0.564. The number of esters is 1. The van der Waals surface area contributed by atoms with Crippen LogP contribution in [-0.2, 0) is 14.3 Å². The summed E-state index contributed by atoms with van der Waals surface area (Å²) in [7, 11) is 0. The van der Waals surface area contributed by atoms with Crippen LogP contribution < -0.4 is 0 Å². The normalized spacial score (nSPS) is 47.8. The third kappa shape index (κ3) is 1.33. The fourth-order valence-electron chi connectivity index (χ4n) is 5.48. The van der Waals surface area contributed by atoms with Gasteiger partial charge in [0.2, 0.25) is 0 Å². The van der Waals surface area contributed by atoms with Crippen molar-refractivity contribution in [1.29, 1.82) is 0 Å². The summed E-state index contributed by atoms with van der Waals surface area (Å²) < 4.78 is 12.1. The van der Waals surface area contributed by atoms with Crippen molar-refractivity contribution in [3.05, 3.63) is 12.3 Å². The van der Waals surface area contributed by atoms with Gasteiger partial charge in [0.25, 0.3) is 15.2 Å². The number of carbonyl (C=O) groups excluding carboxylic acids is 1. The Morgan fingerprint density at radius 2 is 2.42 bits per heavy atom. The van der Waals surface area contributed by atoms with E-state index in [1.165, 1.54) is 12.8 Å². The first-order chi connectivity index (χ1) is 9.19. The molecule has 0 N–H and O–H groups in total. The molecule has 4 heteroatoms. The molecule has 1 spiro atoms. The van der Waals surface area contributed by atoms with Crippen molar-refractivity contribution < 1.29 is 14.3 Å². The number of rotatable bonds is 5. The van der Waals surface area contributed by atoms with E-state index in [-0.39, 0.29) is 21.2 Å². The van der Waals surface area contributed by atoms with Gasteiger partial charge >= 0.3 is 5.97 Å². The molecule has 102 valence electrons. The quantitative estimate of drug-likeness (QED) is 0.438. The van der Waals surface area contributed by atoms with Gasteiger partial charge in [0.05, 0.1) is 18.5 Å². The van der Waals surface area contributed by atoms with E-state index in [4.69, 9.17) is 9.47 Å².